The Kier molecular flexibility index (Phi) is 3.53. The third-order valence-corrected chi connectivity index (χ3v) is 3.99. The molecule has 3 heteroatoms. The van der Waals surface area contributed by atoms with E-state index >= 15 is 0 Å². The minimum absolute atomic E-state index is 0.00498. The summed E-state index contributed by atoms with van der Waals surface area (Å²) in [7, 11) is 0. The van der Waals surface area contributed by atoms with Gasteiger partial charge in [-0.15, -0.1) is 0 Å². The Bertz CT molecular complexity index is 475. The van der Waals surface area contributed by atoms with E-state index in [2.05, 4.69) is 48.6 Å². The topological polar surface area (TPSA) is 29.0 Å². The highest BCUT2D eigenvalue weighted by molar-refractivity contribution is 5.25. The number of hydrogen-bond donors (Lipinski definition) is 0. The Morgan fingerprint density at radius 3 is 2.50 bits per heavy atom. The highest BCUT2D eigenvalue weighted by Gasteiger charge is 2.31. The zero-order valence-electron chi connectivity index (χ0n) is 12.1. The van der Waals surface area contributed by atoms with Crippen molar-refractivity contribution in [2.24, 2.45) is 0 Å². The van der Waals surface area contributed by atoms with Gasteiger partial charge in [-0.3, -0.25) is 4.90 Å². The molecular formula is C15H23N3. The van der Waals surface area contributed by atoms with Crippen LogP contribution < -0.4 is 0 Å². The summed E-state index contributed by atoms with van der Waals surface area (Å²) in [5.41, 5.74) is 3.83. The lowest BCUT2D eigenvalue weighted by molar-refractivity contribution is 0.129. The average molecular weight is 245 g/mol. The van der Waals surface area contributed by atoms with E-state index in [4.69, 9.17) is 0 Å². The molecule has 1 aliphatic heterocycles. The standard InChI is InChI=1S/C15H23N3/c1-11-6-8-18(9-7-11)15(4,5)14-10-16-13(3)17-12(14)2/h6,10H,7-9H2,1-5H3. The normalized spacial score (nSPS) is 17.7. The Morgan fingerprint density at radius 2 is 1.94 bits per heavy atom. The van der Waals surface area contributed by atoms with Gasteiger partial charge in [-0.25, -0.2) is 9.97 Å². The van der Waals surface area contributed by atoms with Gasteiger partial charge in [0.15, 0.2) is 0 Å². The Hall–Kier alpha value is -1.22. The predicted octanol–water partition coefficient (Wildman–Crippen LogP) is 2.98. The van der Waals surface area contributed by atoms with Gasteiger partial charge >= 0.3 is 0 Å². The van der Waals surface area contributed by atoms with Crippen LogP contribution in [0.1, 0.15) is 44.3 Å². The summed E-state index contributed by atoms with van der Waals surface area (Å²) in [6.07, 6.45) is 5.48. The average Bonchev–Trinajstić information content (AvgIpc) is 2.29. The van der Waals surface area contributed by atoms with E-state index in [1.54, 1.807) is 0 Å². The van der Waals surface area contributed by atoms with Gasteiger partial charge in [0.2, 0.25) is 0 Å². The smallest absolute Gasteiger partial charge is 0.125 e. The maximum absolute atomic E-state index is 4.50. The summed E-state index contributed by atoms with van der Waals surface area (Å²) in [5.74, 6) is 0.849. The molecule has 3 nitrogen and oxygen atoms in total. The van der Waals surface area contributed by atoms with Crippen molar-refractivity contribution in [3.63, 3.8) is 0 Å². The van der Waals surface area contributed by atoms with Gasteiger partial charge in [-0.1, -0.05) is 11.6 Å². The summed E-state index contributed by atoms with van der Waals surface area (Å²) in [6.45, 7) is 12.9. The molecule has 0 aromatic carbocycles. The molecule has 0 aliphatic carbocycles. The molecule has 18 heavy (non-hydrogen) atoms. The van der Waals surface area contributed by atoms with Crippen molar-refractivity contribution in [2.45, 2.75) is 46.6 Å². The number of nitrogens with zero attached hydrogens (tertiary/aromatic N) is 3. The summed E-state index contributed by atoms with van der Waals surface area (Å²) < 4.78 is 0. The predicted molar refractivity (Wildman–Crippen MR) is 74.5 cm³/mol. The van der Waals surface area contributed by atoms with Crippen LogP contribution >= 0.6 is 0 Å². The van der Waals surface area contributed by atoms with Gasteiger partial charge in [0, 0.05) is 36.1 Å². The van der Waals surface area contributed by atoms with Crippen LogP contribution in [0.3, 0.4) is 0 Å². The van der Waals surface area contributed by atoms with Crippen molar-refractivity contribution in [3.8, 4) is 0 Å². The third-order valence-electron chi connectivity index (χ3n) is 3.99. The second kappa shape index (κ2) is 4.81. The van der Waals surface area contributed by atoms with Crippen LogP contribution in [0.15, 0.2) is 17.8 Å². The molecule has 0 amide bonds. The largest absolute Gasteiger partial charge is 0.290 e. The molecule has 0 N–H and O–H groups in total. The molecule has 2 rings (SSSR count). The Labute approximate surface area is 110 Å². The van der Waals surface area contributed by atoms with Crippen LogP contribution in [0.25, 0.3) is 0 Å². The van der Waals surface area contributed by atoms with Gasteiger partial charge in [-0.2, -0.15) is 0 Å². The number of aryl methyl sites for hydroxylation is 2. The van der Waals surface area contributed by atoms with E-state index in [9.17, 15) is 0 Å². The molecule has 1 aliphatic rings. The summed E-state index contributed by atoms with van der Waals surface area (Å²) in [4.78, 5) is 11.4. The fourth-order valence-electron chi connectivity index (χ4n) is 2.63. The molecule has 0 fully saturated rings. The van der Waals surface area contributed by atoms with Crippen molar-refractivity contribution in [1.82, 2.24) is 14.9 Å². The summed E-state index contributed by atoms with van der Waals surface area (Å²) in [6, 6.07) is 0. The zero-order chi connectivity index (χ0) is 13.3. The van der Waals surface area contributed by atoms with Crippen molar-refractivity contribution in [1.29, 1.82) is 0 Å². The first kappa shape index (κ1) is 13.2. The number of hydrogen-bond acceptors (Lipinski definition) is 3. The van der Waals surface area contributed by atoms with Gasteiger partial charge in [0.05, 0.1) is 0 Å². The molecule has 0 atom stereocenters. The van der Waals surface area contributed by atoms with Gasteiger partial charge < -0.3 is 0 Å². The Balaban J connectivity index is 2.30. The van der Waals surface area contributed by atoms with E-state index < -0.39 is 0 Å². The van der Waals surface area contributed by atoms with E-state index in [-0.39, 0.29) is 5.54 Å². The van der Waals surface area contributed by atoms with E-state index in [1.807, 2.05) is 13.1 Å². The van der Waals surface area contributed by atoms with E-state index in [1.165, 1.54) is 11.1 Å². The van der Waals surface area contributed by atoms with Crippen molar-refractivity contribution >= 4 is 0 Å². The fraction of sp³-hybridized carbons (Fsp3) is 0.600. The number of rotatable bonds is 2. The summed E-state index contributed by atoms with van der Waals surface area (Å²) in [5, 5.41) is 0. The maximum atomic E-state index is 4.50. The first-order valence-electron chi connectivity index (χ1n) is 6.62. The molecule has 1 aromatic heterocycles. The van der Waals surface area contributed by atoms with Crippen LogP contribution in [0.4, 0.5) is 0 Å². The SMILES string of the molecule is CC1=CCN(C(C)(C)c2cnc(C)nc2C)CC1. The third kappa shape index (κ3) is 2.46. The first-order valence-corrected chi connectivity index (χ1v) is 6.62. The molecule has 0 radical (unpaired) electrons. The molecule has 0 saturated heterocycles. The van der Waals surface area contributed by atoms with Crippen LogP contribution in [0.2, 0.25) is 0 Å². The minimum Gasteiger partial charge on any atom is -0.290 e. The maximum Gasteiger partial charge on any atom is 0.125 e. The van der Waals surface area contributed by atoms with Crippen molar-refractivity contribution < 1.29 is 0 Å². The van der Waals surface area contributed by atoms with E-state index in [0.717, 1.165) is 31.0 Å². The lowest BCUT2D eigenvalue weighted by Gasteiger charge is -2.40. The second-order valence-corrected chi connectivity index (χ2v) is 5.72. The lowest BCUT2D eigenvalue weighted by atomic mass is 9.90. The Morgan fingerprint density at radius 1 is 1.22 bits per heavy atom. The van der Waals surface area contributed by atoms with Gasteiger partial charge in [0.1, 0.15) is 5.82 Å². The van der Waals surface area contributed by atoms with Gasteiger partial charge in [-0.05, 0) is 41.0 Å². The van der Waals surface area contributed by atoms with Crippen molar-refractivity contribution in [2.75, 3.05) is 13.1 Å². The molecule has 0 spiro atoms. The fourth-order valence-corrected chi connectivity index (χ4v) is 2.63. The molecule has 1 aromatic rings. The monoisotopic (exact) mass is 245 g/mol. The molecule has 0 saturated carbocycles. The summed E-state index contributed by atoms with van der Waals surface area (Å²) >= 11 is 0. The molecule has 0 bridgehead atoms. The van der Waals surface area contributed by atoms with Crippen molar-refractivity contribution in [3.05, 3.63) is 34.9 Å². The molecular weight excluding hydrogens is 222 g/mol. The zero-order valence-corrected chi connectivity index (χ0v) is 12.1. The first-order chi connectivity index (χ1) is 8.41. The molecule has 2 heterocycles. The molecule has 0 unspecified atom stereocenters. The lowest BCUT2D eigenvalue weighted by Crippen LogP contribution is -2.44. The highest BCUT2D eigenvalue weighted by atomic mass is 15.2. The second-order valence-electron chi connectivity index (χ2n) is 5.72. The highest BCUT2D eigenvalue weighted by Crippen LogP contribution is 2.31. The number of aromatic nitrogens is 2. The van der Waals surface area contributed by atoms with Crippen LogP contribution in [0.5, 0.6) is 0 Å². The van der Waals surface area contributed by atoms with Crippen LogP contribution in [-0.4, -0.2) is 28.0 Å². The van der Waals surface area contributed by atoms with Crippen LogP contribution in [0, 0.1) is 13.8 Å². The van der Waals surface area contributed by atoms with Crippen LogP contribution in [-0.2, 0) is 5.54 Å². The molecule has 98 valence electrons. The quantitative estimate of drug-likeness (QED) is 0.750. The van der Waals surface area contributed by atoms with Gasteiger partial charge in [0.25, 0.3) is 0 Å². The minimum atomic E-state index is -0.00498. The van der Waals surface area contributed by atoms with E-state index in [0.29, 0.717) is 0 Å².